The van der Waals surface area contributed by atoms with E-state index in [4.69, 9.17) is 4.99 Å². The molecule has 2 heterocycles. The first-order valence-electron chi connectivity index (χ1n) is 11.7. The highest BCUT2D eigenvalue weighted by Gasteiger charge is 2.50. The molecule has 3 aliphatic rings. The molecule has 6 nitrogen and oxygen atoms in total. The van der Waals surface area contributed by atoms with Gasteiger partial charge in [0.2, 0.25) is 0 Å². The van der Waals surface area contributed by atoms with Crippen molar-refractivity contribution >= 4 is 54.1 Å². The Labute approximate surface area is 214 Å². The molecule has 0 bridgehead atoms. The van der Waals surface area contributed by atoms with Gasteiger partial charge in [-0.2, -0.15) is 0 Å². The third-order valence-electron chi connectivity index (χ3n) is 6.79. The Bertz CT molecular complexity index is 1040. The Morgan fingerprint density at radius 1 is 1.00 bits per heavy atom. The summed E-state index contributed by atoms with van der Waals surface area (Å²) in [7, 11) is 0. The highest BCUT2D eigenvalue weighted by atomic mass is 35.5. The number of benzene rings is 1. The fourth-order valence-electron chi connectivity index (χ4n) is 4.82. The summed E-state index contributed by atoms with van der Waals surface area (Å²) in [5, 5.41) is 0. The van der Waals surface area contributed by atoms with Gasteiger partial charge in [0, 0.05) is 24.1 Å². The Morgan fingerprint density at radius 3 is 2.32 bits per heavy atom. The molecule has 1 aliphatic carbocycles. The number of allylic oxidation sites excluding steroid dienone is 2. The molecule has 8 heteroatoms. The molecule has 0 N–H and O–H groups in total. The monoisotopic (exact) mass is 504 g/mol. The second-order valence-electron chi connectivity index (χ2n) is 9.25. The molecule has 0 aromatic heterocycles. The smallest absolute Gasteiger partial charge is 0.187 e. The van der Waals surface area contributed by atoms with E-state index in [1.807, 2.05) is 44.2 Å². The number of aliphatic imine (C=N–C) groups is 3. The summed E-state index contributed by atoms with van der Waals surface area (Å²) >= 11 is 0. The van der Waals surface area contributed by atoms with Gasteiger partial charge in [-0.25, -0.2) is 9.98 Å². The lowest BCUT2D eigenvalue weighted by atomic mass is 9.67. The van der Waals surface area contributed by atoms with Crippen LogP contribution in [-0.4, -0.2) is 59.4 Å². The van der Waals surface area contributed by atoms with Gasteiger partial charge in [0.05, 0.1) is 5.92 Å². The van der Waals surface area contributed by atoms with E-state index in [-0.39, 0.29) is 36.4 Å². The van der Waals surface area contributed by atoms with Crippen LogP contribution in [0.2, 0.25) is 0 Å². The topological polar surface area (TPSA) is 74.5 Å². The van der Waals surface area contributed by atoms with Crippen LogP contribution in [0.25, 0.3) is 0 Å². The van der Waals surface area contributed by atoms with Crippen molar-refractivity contribution in [3.63, 3.8) is 0 Å². The van der Waals surface area contributed by atoms with Crippen LogP contribution in [0.1, 0.15) is 46.1 Å². The third kappa shape index (κ3) is 5.40. The van der Waals surface area contributed by atoms with Gasteiger partial charge in [-0.05, 0) is 51.9 Å². The van der Waals surface area contributed by atoms with Crippen molar-refractivity contribution in [3.05, 3.63) is 47.2 Å². The zero-order valence-corrected chi connectivity index (χ0v) is 21.9. The quantitative estimate of drug-likeness (QED) is 0.520. The Kier molecular flexibility index (Phi) is 9.52. The highest BCUT2D eigenvalue weighted by molar-refractivity contribution is 6.51. The molecule has 2 aliphatic heterocycles. The van der Waals surface area contributed by atoms with Crippen molar-refractivity contribution in [1.82, 2.24) is 4.90 Å². The fraction of sp³-hybridized carbons (Fsp3) is 0.500. The normalized spacial score (nSPS) is 22.5. The van der Waals surface area contributed by atoms with E-state index in [1.54, 1.807) is 6.21 Å². The summed E-state index contributed by atoms with van der Waals surface area (Å²) in [6, 6.07) is 9.98. The summed E-state index contributed by atoms with van der Waals surface area (Å²) in [6.45, 7) is 10.8. The Morgan fingerprint density at radius 2 is 1.68 bits per heavy atom. The molecule has 0 amide bonds. The van der Waals surface area contributed by atoms with E-state index in [9.17, 15) is 9.59 Å². The van der Waals surface area contributed by atoms with Crippen LogP contribution in [0.3, 0.4) is 0 Å². The summed E-state index contributed by atoms with van der Waals surface area (Å²) < 4.78 is 0. The number of hydrogen-bond acceptors (Lipinski definition) is 6. The molecule has 2 unspecified atom stereocenters. The highest BCUT2D eigenvalue weighted by Crippen LogP contribution is 2.41. The second-order valence-corrected chi connectivity index (χ2v) is 9.25. The molecule has 1 aromatic rings. The van der Waals surface area contributed by atoms with Crippen LogP contribution < -0.4 is 0 Å². The summed E-state index contributed by atoms with van der Waals surface area (Å²) in [4.78, 5) is 43.2. The van der Waals surface area contributed by atoms with Crippen LogP contribution in [0.5, 0.6) is 0 Å². The Hall–Kier alpha value is -2.15. The zero-order chi connectivity index (χ0) is 22.9. The lowest BCUT2D eigenvalue weighted by Crippen LogP contribution is -2.49. The van der Waals surface area contributed by atoms with Crippen LogP contribution >= 0.6 is 24.8 Å². The van der Waals surface area contributed by atoms with Crippen molar-refractivity contribution in [2.45, 2.75) is 52.5 Å². The second kappa shape index (κ2) is 11.5. The standard InChI is InChI=1S/C26H32N4O2.2ClH/c1-5-30(6-2)14-10-13-18-21-19(16-27-26(3,4)25(21)32)22-23(24(18)31)29-20(28-22)15-17-11-8-7-9-12-17;;/h7-9,11-12,16,18,21H,5-6,10,13-15H2,1-4H3;2*1H. The summed E-state index contributed by atoms with van der Waals surface area (Å²) in [6.07, 6.45) is 3.87. The number of amidine groups is 1. The molecule has 0 fully saturated rings. The average Bonchev–Trinajstić information content (AvgIpc) is 3.20. The molecule has 2 atom stereocenters. The van der Waals surface area contributed by atoms with Crippen molar-refractivity contribution in [3.8, 4) is 0 Å². The van der Waals surface area contributed by atoms with E-state index in [2.05, 4.69) is 28.7 Å². The molecule has 0 radical (unpaired) electrons. The van der Waals surface area contributed by atoms with Crippen molar-refractivity contribution in [1.29, 1.82) is 0 Å². The lowest BCUT2D eigenvalue weighted by molar-refractivity contribution is -0.131. The summed E-state index contributed by atoms with van der Waals surface area (Å²) in [5.41, 5.74) is 2.00. The van der Waals surface area contributed by atoms with Gasteiger partial charge >= 0.3 is 0 Å². The number of halogens is 2. The minimum Gasteiger partial charge on any atom is -0.304 e. The van der Waals surface area contributed by atoms with Gasteiger partial charge in [0.1, 0.15) is 22.8 Å². The van der Waals surface area contributed by atoms with Gasteiger partial charge in [-0.15, -0.1) is 24.8 Å². The van der Waals surface area contributed by atoms with Crippen LogP contribution in [0, 0.1) is 11.8 Å². The van der Waals surface area contributed by atoms with Crippen molar-refractivity contribution in [2.75, 3.05) is 19.6 Å². The SMILES string of the molecule is CCN(CC)CCCC1C(=O)C2=NC(Cc3ccccc3)=NC2=C2C=NC(C)(C)C(=O)C21.Cl.Cl. The zero-order valence-electron chi connectivity index (χ0n) is 20.3. The third-order valence-corrected chi connectivity index (χ3v) is 6.79. The number of hydrogen-bond donors (Lipinski definition) is 0. The summed E-state index contributed by atoms with van der Waals surface area (Å²) in [5.74, 6) is -0.294. The molecule has 34 heavy (non-hydrogen) atoms. The number of carbonyl (C=O) groups is 2. The molecule has 0 spiro atoms. The molecular formula is C26H34Cl2N4O2. The minimum absolute atomic E-state index is 0. The van der Waals surface area contributed by atoms with E-state index >= 15 is 0 Å². The molecule has 0 saturated heterocycles. The maximum Gasteiger partial charge on any atom is 0.187 e. The average molecular weight is 505 g/mol. The molecule has 4 rings (SSSR count). The number of rotatable bonds is 8. The largest absolute Gasteiger partial charge is 0.304 e. The predicted molar refractivity (Wildman–Crippen MR) is 143 cm³/mol. The van der Waals surface area contributed by atoms with E-state index < -0.39 is 17.4 Å². The van der Waals surface area contributed by atoms with Crippen LogP contribution in [-0.2, 0) is 16.0 Å². The first kappa shape index (κ1) is 28.1. The van der Waals surface area contributed by atoms with Crippen molar-refractivity contribution in [2.24, 2.45) is 26.8 Å². The van der Waals surface area contributed by atoms with Gasteiger partial charge in [0.25, 0.3) is 0 Å². The number of fused-ring (bicyclic) bond motifs is 2. The van der Waals surface area contributed by atoms with E-state index in [0.29, 0.717) is 30.1 Å². The number of ketones is 2. The number of carbonyl (C=O) groups excluding carboxylic acids is 2. The molecule has 184 valence electrons. The van der Waals surface area contributed by atoms with Gasteiger partial charge in [-0.1, -0.05) is 44.2 Å². The van der Waals surface area contributed by atoms with Crippen molar-refractivity contribution < 1.29 is 9.59 Å². The fourth-order valence-corrected chi connectivity index (χ4v) is 4.82. The maximum absolute atomic E-state index is 13.6. The molecule has 0 saturated carbocycles. The lowest BCUT2D eigenvalue weighted by Gasteiger charge is -2.37. The van der Waals surface area contributed by atoms with Crippen LogP contribution in [0.4, 0.5) is 0 Å². The molecular weight excluding hydrogens is 471 g/mol. The predicted octanol–water partition coefficient (Wildman–Crippen LogP) is 4.55. The van der Waals surface area contributed by atoms with Gasteiger partial charge < -0.3 is 4.90 Å². The number of Topliss-reactive ketones (excluding diaryl/α,β-unsaturated/α-hetero) is 2. The molecule has 1 aromatic carbocycles. The van der Waals surface area contributed by atoms with Gasteiger partial charge in [-0.3, -0.25) is 14.6 Å². The number of nitrogens with zero attached hydrogens (tertiary/aromatic N) is 4. The first-order chi connectivity index (χ1) is 15.4. The maximum atomic E-state index is 13.6. The first-order valence-corrected chi connectivity index (χ1v) is 11.7. The minimum atomic E-state index is -0.823. The van der Waals surface area contributed by atoms with Gasteiger partial charge in [0.15, 0.2) is 11.6 Å². The van der Waals surface area contributed by atoms with E-state index in [0.717, 1.165) is 37.2 Å². The van der Waals surface area contributed by atoms with E-state index in [1.165, 1.54) is 0 Å². The van der Waals surface area contributed by atoms with Crippen LogP contribution in [0.15, 0.2) is 56.6 Å². The Balaban J connectivity index is 0.00000204.